The minimum atomic E-state index is -1.91. The van der Waals surface area contributed by atoms with Gasteiger partial charge < -0.3 is 24.6 Å². The van der Waals surface area contributed by atoms with Crippen LogP contribution in [0.2, 0.25) is 0 Å². The number of benzene rings is 1. The quantitative estimate of drug-likeness (QED) is 0.119. The van der Waals surface area contributed by atoms with Crippen molar-refractivity contribution < 1.29 is 28.3 Å². The molecule has 3 heterocycles. The van der Waals surface area contributed by atoms with Gasteiger partial charge in [0.1, 0.15) is 24.1 Å². The molecule has 13 heteroatoms. The van der Waals surface area contributed by atoms with E-state index in [1.165, 1.54) is 0 Å². The molecular formula is C38H55FN6O5S. The van der Waals surface area contributed by atoms with Crippen LogP contribution in [0.4, 0.5) is 10.1 Å². The van der Waals surface area contributed by atoms with Gasteiger partial charge in [-0.15, -0.1) is 11.3 Å². The van der Waals surface area contributed by atoms with Crippen molar-refractivity contribution in [1.29, 1.82) is 0 Å². The highest BCUT2D eigenvalue weighted by Crippen LogP contribution is 2.40. The van der Waals surface area contributed by atoms with E-state index in [9.17, 15) is 23.6 Å². The standard InChI is InChI=1S/C38H55FN6O5S/c1-26-32(51-25-40-26)28-12-13-29(31(24-28)50-23-8-10-27-14-20-44(21-15-27)18-9-22-46)42-43-34(47)30-11-6-5-7-19-45(30)35(48)33(37(2,3)4)41-36(49)38(39)16-17-38/h12-13,22,24-25,27,30,33,42H,5-11,14-21,23H2,1-4H3,(H,41,49)(H,43,47)/t30-,33?/m0/s1. The van der Waals surface area contributed by atoms with Crippen LogP contribution in [-0.2, 0) is 19.2 Å². The zero-order valence-corrected chi connectivity index (χ0v) is 31.4. The van der Waals surface area contributed by atoms with Gasteiger partial charge in [0.05, 0.1) is 28.4 Å². The largest absolute Gasteiger partial charge is 0.491 e. The Balaban J connectivity index is 1.24. The lowest BCUT2D eigenvalue weighted by Crippen LogP contribution is -2.60. The predicted molar refractivity (Wildman–Crippen MR) is 197 cm³/mol. The molecule has 3 amide bonds. The van der Waals surface area contributed by atoms with Crippen LogP contribution in [0.5, 0.6) is 5.75 Å². The van der Waals surface area contributed by atoms with E-state index in [1.807, 2.05) is 51.4 Å². The van der Waals surface area contributed by atoms with Crippen LogP contribution in [-0.4, -0.2) is 89.3 Å². The number of hydrogen-bond donors (Lipinski definition) is 3. The van der Waals surface area contributed by atoms with Crippen LogP contribution < -0.4 is 20.9 Å². The minimum Gasteiger partial charge on any atom is -0.491 e. The third kappa shape index (κ3) is 10.3. The Morgan fingerprint density at radius 1 is 1.12 bits per heavy atom. The lowest BCUT2D eigenvalue weighted by molar-refractivity contribution is -0.146. The molecule has 3 fully saturated rings. The molecule has 0 spiro atoms. The number of ether oxygens (including phenoxy) is 1. The second-order valence-corrected chi connectivity index (χ2v) is 16.3. The Labute approximate surface area is 305 Å². The highest BCUT2D eigenvalue weighted by molar-refractivity contribution is 7.13. The zero-order valence-electron chi connectivity index (χ0n) is 30.6. The summed E-state index contributed by atoms with van der Waals surface area (Å²) in [5, 5.41) is 2.69. The molecule has 1 unspecified atom stereocenters. The number of carbonyl (C=O) groups is 4. The van der Waals surface area contributed by atoms with Gasteiger partial charge in [0, 0.05) is 19.5 Å². The first-order valence-corrected chi connectivity index (χ1v) is 19.5. The highest BCUT2D eigenvalue weighted by atomic mass is 32.1. The van der Waals surface area contributed by atoms with E-state index in [1.54, 1.807) is 16.2 Å². The molecule has 0 radical (unpaired) electrons. The summed E-state index contributed by atoms with van der Waals surface area (Å²) in [4.78, 5) is 60.7. The van der Waals surface area contributed by atoms with Crippen molar-refractivity contribution in [3.8, 4) is 16.2 Å². The number of aldehydes is 1. The van der Waals surface area contributed by atoms with Crippen LogP contribution >= 0.6 is 11.3 Å². The maximum absolute atomic E-state index is 14.6. The van der Waals surface area contributed by atoms with Crippen LogP contribution in [0.1, 0.15) is 97.1 Å². The molecular weight excluding hydrogens is 672 g/mol. The molecule has 1 aliphatic carbocycles. The molecule has 5 rings (SSSR count). The van der Waals surface area contributed by atoms with Crippen LogP contribution in [0.25, 0.3) is 10.4 Å². The average Bonchev–Trinajstić information content (AvgIpc) is 3.80. The fourth-order valence-electron chi connectivity index (χ4n) is 7.02. The summed E-state index contributed by atoms with van der Waals surface area (Å²) in [5.41, 5.74) is 7.66. The predicted octanol–water partition coefficient (Wildman–Crippen LogP) is 5.83. The van der Waals surface area contributed by atoms with Crippen LogP contribution in [0, 0.1) is 18.3 Å². The smallest absolute Gasteiger partial charge is 0.261 e. The molecule has 1 aromatic carbocycles. The Hall–Kier alpha value is -3.58. The number of halogens is 1. The van der Waals surface area contributed by atoms with Crippen molar-refractivity contribution in [2.75, 3.05) is 38.2 Å². The summed E-state index contributed by atoms with van der Waals surface area (Å²) in [7, 11) is 0. The highest BCUT2D eigenvalue weighted by Gasteiger charge is 2.53. The van der Waals surface area contributed by atoms with Gasteiger partial charge in [0.2, 0.25) is 5.91 Å². The van der Waals surface area contributed by atoms with Gasteiger partial charge in [-0.05, 0) is 100 Å². The summed E-state index contributed by atoms with van der Waals surface area (Å²) in [6, 6.07) is 4.08. The first-order valence-electron chi connectivity index (χ1n) is 18.6. The maximum Gasteiger partial charge on any atom is 0.261 e. The number of anilines is 1. The SMILES string of the molecule is Cc1ncsc1-c1ccc(NNC(=O)[C@@H]2CCCCCN2C(=O)C(NC(=O)C2(F)CC2)C(C)(C)C)c(OCCCC2CCN(CCC=O)CC2)c1. The molecule has 280 valence electrons. The molecule has 2 aromatic rings. The number of carbonyl (C=O) groups excluding carboxylic acids is 4. The van der Waals surface area contributed by atoms with Crippen molar-refractivity contribution in [3.05, 3.63) is 29.4 Å². The molecule has 1 saturated carbocycles. The molecule has 2 saturated heterocycles. The molecule has 3 aliphatic rings. The number of nitrogens with one attached hydrogen (secondary N) is 3. The number of hydrogen-bond acceptors (Lipinski definition) is 9. The summed E-state index contributed by atoms with van der Waals surface area (Å²) < 4.78 is 21.0. The molecule has 2 aliphatic heterocycles. The summed E-state index contributed by atoms with van der Waals surface area (Å²) in [6.45, 7) is 11.3. The van der Waals surface area contributed by atoms with Gasteiger partial charge in [0.15, 0.2) is 5.67 Å². The Kier molecular flexibility index (Phi) is 13.1. The van der Waals surface area contributed by atoms with E-state index >= 15 is 0 Å². The van der Waals surface area contributed by atoms with Gasteiger partial charge in [-0.3, -0.25) is 25.2 Å². The van der Waals surface area contributed by atoms with Crippen LogP contribution in [0.3, 0.4) is 0 Å². The molecule has 3 N–H and O–H groups in total. The normalized spacial score (nSPS) is 20.2. The number of rotatable bonds is 15. The summed E-state index contributed by atoms with van der Waals surface area (Å²) in [5.74, 6) is -0.251. The lowest BCUT2D eigenvalue weighted by Gasteiger charge is -2.37. The van der Waals surface area contributed by atoms with Crippen molar-refractivity contribution in [3.63, 3.8) is 0 Å². The molecule has 1 aromatic heterocycles. The van der Waals surface area contributed by atoms with Crippen molar-refractivity contribution >= 4 is 41.0 Å². The van der Waals surface area contributed by atoms with E-state index in [0.29, 0.717) is 43.3 Å². The lowest BCUT2D eigenvalue weighted by atomic mass is 9.85. The Bertz CT molecular complexity index is 1520. The fraction of sp³-hybridized carbons (Fsp3) is 0.658. The zero-order chi connectivity index (χ0) is 36.6. The molecule has 51 heavy (non-hydrogen) atoms. The second-order valence-electron chi connectivity index (χ2n) is 15.5. The van der Waals surface area contributed by atoms with E-state index in [0.717, 1.165) is 87.0 Å². The molecule has 2 atom stereocenters. The number of amides is 3. The first-order chi connectivity index (χ1) is 24.4. The molecule has 0 bridgehead atoms. The number of aryl methyl sites for hydroxylation is 1. The van der Waals surface area contributed by atoms with Crippen molar-refractivity contribution in [2.45, 2.75) is 116 Å². The van der Waals surface area contributed by atoms with Gasteiger partial charge >= 0.3 is 0 Å². The molecule has 11 nitrogen and oxygen atoms in total. The summed E-state index contributed by atoms with van der Waals surface area (Å²) in [6.07, 6.45) is 8.94. The van der Waals surface area contributed by atoms with E-state index in [2.05, 4.69) is 26.1 Å². The van der Waals surface area contributed by atoms with Crippen LogP contribution in [0.15, 0.2) is 23.7 Å². The van der Waals surface area contributed by atoms with E-state index in [-0.39, 0.29) is 24.7 Å². The number of thiazole rings is 1. The maximum atomic E-state index is 14.6. The van der Waals surface area contributed by atoms with Gasteiger partial charge in [0.25, 0.3) is 11.8 Å². The fourth-order valence-corrected chi connectivity index (χ4v) is 7.82. The number of piperidine rings is 1. The number of likely N-dealkylation sites (tertiary alicyclic amines) is 2. The number of hydrazine groups is 1. The van der Waals surface area contributed by atoms with Crippen molar-refractivity contribution in [2.24, 2.45) is 11.3 Å². The van der Waals surface area contributed by atoms with Gasteiger partial charge in [-0.1, -0.05) is 39.7 Å². The van der Waals surface area contributed by atoms with E-state index < -0.39 is 29.1 Å². The Morgan fingerprint density at radius 2 is 1.88 bits per heavy atom. The monoisotopic (exact) mass is 726 g/mol. The first kappa shape index (κ1) is 38.6. The topological polar surface area (TPSA) is 133 Å². The number of aromatic nitrogens is 1. The number of alkyl halides is 1. The van der Waals surface area contributed by atoms with Gasteiger partial charge in [-0.25, -0.2) is 9.37 Å². The van der Waals surface area contributed by atoms with Crippen molar-refractivity contribution in [1.82, 2.24) is 25.5 Å². The summed E-state index contributed by atoms with van der Waals surface area (Å²) >= 11 is 1.56. The van der Waals surface area contributed by atoms with E-state index in [4.69, 9.17) is 4.74 Å². The third-order valence-corrected chi connectivity index (χ3v) is 11.4. The number of nitrogens with zero attached hydrogens (tertiary/aromatic N) is 3. The Morgan fingerprint density at radius 3 is 2.55 bits per heavy atom. The van der Waals surface area contributed by atoms with Gasteiger partial charge in [-0.2, -0.15) is 0 Å². The average molecular weight is 727 g/mol. The third-order valence-electron chi connectivity index (χ3n) is 10.4. The second kappa shape index (κ2) is 17.3. The minimum absolute atomic E-state index is 0.157.